The van der Waals surface area contributed by atoms with Crippen molar-refractivity contribution in [2.24, 2.45) is 11.8 Å². The number of methoxy groups -OCH3 is 1. The van der Waals surface area contributed by atoms with Gasteiger partial charge in [0, 0.05) is 24.1 Å². The highest BCUT2D eigenvalue weighted by Crippen LogP contribution is 2.57. The van der Waals surface area contributed by atoms with Gasteiger partial charge in [0.15, 0.2) is 0 Å². The van der Waals surface area contributed by atoms with Gasteiger partial charge < -0.3 is 14.8 Å². The molecule has 0 unspecified atom stereocenters. The number of hydroxylamine groups is 1. The summed E-state index contributed by atoms with van der Waals surface area (Å²) in [6.45, 7) is 2.99. The number of rotatable bonds is 3. The largest absolute Gasteiger partial charge is 0.497 e. The van der Waals surface area contributed by atoms with E-state index in [0.717, 1.165) is 42.9 Å². The van der Waals surface area contributed by atoms with Crippen molar-refractivity contribution in [1.29, 1.82) is 0 Å². The lowest BCUT2D eigenvalue weighted by Gasteiger charge is -2.40. The SMILES string of the molecule is CC[C@H]1N[C@H]2C[C@@]3(C(=O)N(OC)c4cc(OC)ccc43)[C@@H]3C[C@H]1[C@@H]2CO3. The highest BCUT2D eigenvalue weighted by molar-refractivity contribution is 6.07. The van der Waals surface area contributed by atoms with Crippen molar-refractivity contribution < 1.29 is 19.1 Å². The van der Waals surface area contributed by atoms with Crippen LogP contribution in [0.3, 0.4) is 0 Å². The molecule has 1 spiro atoms. The van der Waals surface area contributed by atoms with Gasteiger partial charge in [-0.1, -0.05) is 13.0 Å². The molecule has 3 saturated heterocycles. The normalized spacial score (nSPS) is 40.2. The van der Waals surface area contributed by atoms with Gasteiger partial charge in [0.25, 0.3) is 5.91 Å². The average molecular weight is 358 g/mol. The lowest BCUT2D eigenvalue weighted by atomic mass is 9.71. The molecule has 26 heavy (non-hydrogen) atoms. The topological polar surface area (TPSA) is 60.0 Å². The minimum absolute atomic E-state index is 0.00342. The van der Waals surface area contributed by atoms with Crippen LogP contribution in [-0.2, 0) is 19.8 Å². The molecule has 4 fully saturated rings. The van der Waals surface area contributed by atoms with Gasteiger partial charge in [-0.25, -0.2) is 0 Å². The standard InChI is InChI=1S/C20H26N2O4/c1-4-15-12-8-18-20(9-16(21-15)13(12)10-26-18)14-6-5-11(24-2)7-17(14)22(25-3)19(20)23/h5-7,12-13,15-16,18,21H,4,8-10H2,1-3H3/t12-,13-,15+,16-,18-,20-/m0/s1. The number of anilines is 1. The molecule has 1 aromatic rings. The fourth-order valence-corrected chi connectivity index (χ4v) is 5.97. The quantitative estimate of drug-likeness (QED) is 0.896. The fraction of sp³-hybridized carbons (Fsp3) is 0.650. The van der Waals surface area contributed by atoms with Crippen LogP contribution in [0.4, 0.5) is 5.69 Å². The van der Waals surface area contributed by atoms with Gasteiger partial charge in [-0.15, -0.1) is 0 Å². The average Bonchev–Trinajstić information content (AvgIpc) is 3.01. The number of benzene rings is 1. The van der Waals surface area contributed by atoms with E-state index in [1.165, 1.54) is 5.06 Å². The molecule has 6 rings (SSSR count). The van der Waals surface area contributed by atoms with E-state index in [9.17, 15) is 4.79 Å². The maximum Gasteiger partial charge on any atom is 0.264 e. The third-order valence-corrected chi connectivity index (χ3v) is 7.17. The van der Waals surface area contributed by atoms with Crippen LogP contribution >= 0.6 is 0 Å². The molecule has 4 heterocycles. The number of hydrogen-bond acceptors (Lipinski definition) is 5. The van der Waals surface area contributed by atoms with Gasteiger partial charge in [-0.3, -0.25) is 9.63 Å². The maximum atomic E-state index is 13.6. The first-order valence-electron chi connectivity index (χ1n) is 9.58. The molecule has 140 valence electrons. The summed E-state index contributed by atoms with van der Waals surface area (Å²) in [6, 6.07) is 6.71. The minimum Gasteiger partial charge on any atom is -0.497 e. The molecule has 1 aliphatic carbocycles. The van der Waals surface area contributed by atoms with Gasteiger partial charge in [0.05, 0.1) is 32.6 Å². The van der Waals surface area contributed by atoms with Crippen molar-refractivity contribution in [2.45, 2.75) is 49.8 Å². The zero-order chi connectivity index (χ0) is 18.1. The maximum absolute atomic E-state index is 13.6. The minimum atomic E-state index is -0.669. The van der Waals surface area contributed by atoms with Crippen LogP contribution in [0, 0.1) is 11.8 Å². The Hall–Kier alpha value is -1.63. The van der Waals surface area contributed by atoms with Crippen molar-refractivity contribution in [3.63, 3.8) is 0 Å². The van der Waals surface area contributed by atoms with E-state index in [-0.39, 0.29) is 12.0 Å². The summed E-state index contributed by atoms with van der Waals surface area (Å²) >= 11 is 0. The van der Waals surface area contributed by atoms with Crippen LogP contribution in [0.5, 0.6) is 5.75 Å². The summed E-state index contributed by atoms with van der Waals surface area (Å²) in [4.78, 5) is 19.1. The lowest BCUT2D eigenvalue weighted by molar-refractivity contribution is -0.138. The Balaban J connectivity index is 1.65. The number of carbonyl (C=O) groups excluding carboxylic acids is 1. The number of carbonyl (C=O) groups is 1. The molecule has 0 radical (unpaired) electrons. The van der Waals surface area contributed by atoms with Crippen LogP contribution in [0.15, 0.2) is 18.2 Å². The molecule has 1 aromatic carbocycles. The Morgan fingerprint density at radius 3 is 2.92 bits per heavy atom. The number of fused-ring (bicyclic) bond motifs is 2. The molecule has 1 amide bonds. The van der Waals surface area contributed by atoms with Crippen molar-refractivity contribution in [3.8, 4) is 5.75 Å². The first-order chi connectivity index (χ1) is 12.6. The van der Waals surface area contributed by atoms with Crippen molar-refractivity contribution >= 4 is 11.6 Å². The van der Waals surface area contributed by atoms with Gasteiger partial charge in [-0.2, -0.15) is 5.06 Å². The predicted molar refractivity (Wildman–Crippen MR) is 96.1 cm³/mol. The smallest absolute Gasteiger partial charge is 0.264 e. The second-order valence-electron chi connectivity index (χ2n) is 8.01. The molecule has 4 bridgehead atoms. The zero-order valence-corrected chi connectivity index (χ0v) is 15.5. The van der Waals surface area contributed by atoms with Gasteiger partial charge in [0.2, 0.25) is 0 Å². The first-order valence-corrected chi connectivity index (χ1v) is 9.58. The molecule has 5 aliphatic rings. The Kier molecular flexibility index (Phi) is 3.61. The van der Waals surface area contributed by atoms with Crippen LogP contribution < -0.4 is 15.1 Å². The van der Waals surface area contributed by atoms with E-state index in [1.807, 2.05) is 18.2 Å². The van der Waals surface area contributed by atoms with Gasteiger partial charge in [0.1, 0.15) is 11.2 Å². The second kappa shape index (κ2) is 5.68. The molecular weight excluding hydrogens is 332 g/mol. The Labute approximate surface area is 153 Å². The highest BCUT2D eigenvalue weighted by atomic mass is 16.7. The number of amides is 1. The van der Waals surface area contributed by atoms with Crippen LogP contribution in [-0.4, -0.2) is 44.9 Å². The van der Waals surface area contributed by atoms with Crippen LogP contribution in [0.25, 0.3) is 0 Å². The molecule has 6 nitrogen and oxygen atoms in total. The summed E-state index contributed by atoms with van der Waals surface area (Å²) in [5.41, 5.74) is 1.13. The molecule has 6 atom stereocenters. The number of hydrogen-bond donors (Lipinski definition) is 1. The third kappa shape index (κ3) is 1.90. The monoisotopic (exact) mass is 358 g/mol. The summed E-state index contributed by atoms with van der Waals surface area (Å²) in [6.07, 6.45) is 2.74. The summed E-state index contributed by atoms with van der Waals surface area (Å²) < 4.78 is 11.7. The predicted octanol–water partition coefficient (Wildman–Crippen LogP) is 2.02. The molecule has 4 aliphatic heterocycles. The van der Waals surface area contributed by atoms with E-state index >= 15 is 0 Å². The van der Waals surface area contributed by atoms with E-state index in [1.54, 1.807) is 14.2 Å². The van der Waals surface area contributed by atoms with Crippen molar-refractivity contribution in [1.82, 2.24) is 5.32 Å². The zero-order valence-electron chi connectivity index (χ0n) is 15.5. The van der Waals surface area contributed by atoms with E-state index in [0.29, 0.717) is 23.9 Å². The molecular formula is C20H26N2O4. The first kappa shape index (κ1) is 16.5. The number of nitrogens with one attached hydrogen (secondary N) is 1. The summed E-state index contributed by atoms with van der Waals surface area (Å²) in [5.74, 6) is 1.81. The second-order valence-corrected chi connectivity index (χ2v) is 8.01. The van der Waals surface area contributed by atoms with E-state index in [2.05, 4.69) is 12.2 Å². The van der Waals surface area contributed by atoms with Crippen LogP contribution in [0.2, 0.25) is 0 Å². The summed E-state index contributed by atoms with van der Waals surface area (Å²) in [5, 5.41) is 5.25. The fourth-order valence-electron chi connectivity index (χ4n) is 5.97. The van der Waals surface area contributed by atoms with E-state index in [4.69, 9.17) is 14.3 Å². The Morgan fingerprint density at radius 2 is 2.19 bits per heavy atom. The number of nitrogens with zero attached hydrogens (tertiary/aromatic N) is 1. The Bertz CT molecular complexity index is 753. The van der Waals surface area contributed by atoms with Crippen molar-refractivity contribution in [2.75, 3.05) is 25.9 Å². The third-order valence-electron chi connectivity index (χ3n) is 7.17. The molecule has 1 saturated carbocycles. The van der Waals surface area contributed by atoms with Crippen LogP contribution in [0.1, 0.15) is 31.7 Å². The van der Waals surface area contributed by atoms with Crippen molar-refractivity contribution in [3.05, 3.63) is 23.8 Å². The molecule has 0 aromatic heterocycles. The van der Waals surface area contributed by atoms with Gasteiger partial charge in [-0.05, 0) is 36.8 Å². The van der Waals surface area contributed by atoms with Gasteiger partial charge >= 0.3 is 0 Å². The lowest BCUT2D eigenvalue weighted by Crippen LogP contribution is -2.53. The Morgan fingerprint density at radius 1 is 1.35 bits per heavy atom. The summed E-state index contributed by atoms with van der Waals surface area (Å²) in [7, 11) is 3.18. The van der Waals surface area contributed by atoms with E-state index < -0.39 is 5.41 Å². The highest BCUT2D eigenvalue weighted by Gasteiger charge is 2.64. The molecule has 6 heteroatoms. The molecule has 1 N–H and O–H groups in total. The number of ether oxygens (including phenoxy) is 2.